The number of likely N-dealkylation sites (tertiary alicyclic amines) is 1. The second-order valence-corrected chi connectivity index (χ2v) is 5.23. The molecule has 0 saturated carbocycles. The van der Waals surface area contributed by atoms with Gasteiger partial charge in [-0.25, -0.2) is 0 Å². The van der Waals surface area contributed by atoms with Crippen molar-refractivity contribution in [3.8, 4) is 0 Å². The Kier molecular flexibility index (Phi) is 3.50. The van der Waals surface area contributed by atoms with Crippen LogP contribution in [0, 0.1) is 5.92 Å². The number of hydrogen-bond acceptors (Lipinski definition) is 4. The number of ether oxygens (including phenoxy) is 1. The molecule has 2 saturated heterocycles. The summed E-state index contributed by atoms with van der Waals surface area (Å²) in [4.78, 5) is 14.2. The average molecular weight is 226 g/mol. The van der Waals surface area contributed by atoms with Gasteiger partial charge in [-0.1, -0.05) is 0 Å². The van der Waals surface area contributed by atoms with Gasteiger partial charge in [-0.05, 0) is 51.7 Å². The van der Waals surface area contributed by atoms with E-state index in [-0.39, 0.29) is 11.5 Å². The number of esters is 1. The van der Waals surface area contributed by atoms with E-state index in [0.717, 1.165) is 38.9 Å². The third-order valence-corrected chi connectivity index (χ3v) is 3.95. The fraction of sp³-hybridized carbons (Fsp3) is 0.917. The standard InChI is InChI=1S/C12H22N2O2/c1-14-7-4-10(9-14)8-12(11(15)16-2)5-3-6-13-12/h10,13H,3-9H2,1-2H3. The molecule has 2 rings (SSSR count). The lowest BCUT2D eigenvalue weighted by atomic mass is 9.85. The zero-order valence-corrected chi connectivity index (χ0v) is 10.3. The van der Waals surface area contributed by atoms with Gasteiger partial charge >= 0.3 is 5.97 Å². The van der Waals surface area contributed by atoms with Gasteiger partial charge in [0.15, 0.2) is 0 Å². The van der Waals surface area contributed by atoms with E-state index in [1.807, 2.05) is 0 Å². The summed E-state index contributed by atoms with van der Waals surface area (Å²) in [5.74, 6) is 0.564. The van der Waals surface area contributed by atoms with E-state index in [4.69, 9.17) is 4.74 Å². The highest BCUT2D eigenvalue weighted by atomic mass is 16.5. The van der Waals surface area contributed by atoms with Gasteiger partial charge in [0.05, 0.1) is 7.11 Å². The van der Waals surface area contributed by atoms with E-state index < -0.39 is 0 Å². The second-order valence-electron chi connectivity index (χ2n) is 5.23. The molecular weight excluding hydrogens is 204 g/mol. The Hall–Kier alpha value is -0.610. The summed E-state index contributed by atoms with van der Waals surface area (Å²) in [6, 6.07) is 0. The van der Waals surface area contributed by atoms with E-state index in [1.165, 1.54) is 13.5 Å². The Morgan fingerprint density at radius 1 is 1.62 bits per heavy atom. The first kappa shape index (κ1) is 11.9. The van der Waals surface area contributed by atoms with Crippen LogP contribution in [0.3, 0.4) is 0 Å². The van der Waals surface area contributed by atoms with Crippen molar-refractivity contribution in [1.29, 1.82) is 0 Å². The Bertz CT molecular complexity index is 262. The van der Waals surface area contributed by atoms with Gasteiger partial charge in [0.25, 0.3) is 0 Å². The molecule has 2 heterocycles. The Labute approximate surface area is 97.3 Å². The topological polar surface area (TPSA) is 41.6 Å². The van der Waals surface area contributed by atoms with Gasteiger partial charge in [0.2, 0.25) is 0 Å². The Morgan fingerprint density at radius 2 is 2.44 bits per heavy atom. The van der Waals surface area contributed by atoms with Crippen LogP contribution < -0.4 is 5.32 Å². The molecule has 4 nitrogen and oxygen atoms in total. The van der Waals surface area contributed by atoms with Crippen LogP contribution in [-0.4, -0.2) is 50.2 Å². The molecule has 0 spiro atoms. The number of carbonyl (C=O) groups excluding carboxylic acids is 1. The molecule has 2 unspecified atom stereocenters. The number of rotatable bonds is 3. The molecule has 0 radical (unpaired) electrons. The van der Waals surface area contributed by atoms with Gasteiger partial charge in [0.1, 0.15) is 5.54 Å². The van der Waals surface area contributed by atoms with E-state index in [0.29, 0.717) is 5.92 Å². The third kappa shape index (κ3) is 2.23. The predicted molar refractivity (Wildman–Crippen MR) is 62.2 cm³/mol. The lowest BCUT2D eigenvalue weighted by Crippen LogP contribution is -2.49. The summed E-state index contributed by atoms with van der Waals surface area (Å²) in [6.07, 6.45) is 4.15. The Balaban J connectivity index is 2.00. The van der Waals surface area contributed by atoms with E-state index >= 15 is 0 Å². The van der Waals surface area contributed by atoms with Crippen molar-refractivity contribution in [3.05, 3.63) is 0 Å². The van der Waals surface area contributed by atoms with Crippen LogP contribution in [0.2, 0.25) is 0 Å². The van der Waals surface area contributed by atoms with Crippen molar-refractivity contribution >= 4 is 5.97 Å². The van der Waals surface area contributed by atoms with E-state index in [9.17, 15) is 4.79 Å². The summed E-state index contributed by atoms with van der Waals surface area (Å²) < 4.78 is 4.96. The maximum atomic E-state index is 11.9. The van der Waals surface area contributed by atoms with Crippen molar-refractivity contribution < 1.29 is 9.53 Å². The summed E-state index contributed by atoms with van der Waals surface area (Å²) in [5, 5.41) is 3.37. The minimum Gasteiger partial charge on any atom is -0.468 e. The largest absolute Gasteiger partial charge is 0.468 e. The lowest BCUT2D eigenvalue weighted by molar-refractivity contribution is -0.148. The second kappa shape index (κ2) is 4.72. The van der Waals surface area contributed by atoms with E-state index in [2.05, 4.69) is 17.3 Å². The molecule has 0 aliphatic carbocycles. The molecule has 0 aromatic carbocycles. The quantitative estimate of drug-likeness (QED) is 0.716. The monoisotopic (exact) mass is 226 g/mol. The van der Waals surface area contributed by atoms with Crippen LogP contribution in [-0.2, 0) is 9.53 Å². The SMILES string of the molecule is COC(=O)C1(CC2CCN(C)C2)CCCN1. The zero-order valence-electron chi connectivity index (χ0n) is 10.3. The first-order valence-corrected chi connectivity index (χ1v) is 6.18. The van der Waals surface area contributed by atoms with Crippen molar-refractivity contribution in [2.24, 2.45) is 5.92 Å². The minimum atomic E-state index is -0.384. The Morgan fingerprint density at radius 3 is 2.94 bits per heavy atom. The van der Waals surface area contributed by atoms with Crippen LogP contribution in [0.4, 0.5) is 0 Å². The van der Waals surface area contributed by atoms with Crippen molar-refractivity contribution in [3.63, 3.8) is 0 Å². The van der Waals surface area contributed by atoms with Gasteiger partial charge in [-0.15, -0.1) is 0 Å². The molecule has 2 aliphatic rings. The average Bonchev–Trinajstić information content (AvgIpc) is 2.88. The summed E-state index contributed by atoms with van der Waals surface area (Å²) in [5.41, 5.74) is -0.384. The van der Waals surface area contributed by atoms with Gasteiger partial charge in [-0.2, -0.15) is 0 Å². The fourth-order valence-corrected chi connectivity index (χ4v) is 3.12. The first-order valence-electron chi connectivity index (χ1n) is 6.18. The highest BCUT2D eigenvalue weighted by molar-refractivity contribution is 5.81. The van der Waals surface area contributed by atoms with Crippen LogP contribution in [0.1, 0.15) is 25.7 Å². The van der Waals surface area contributed by atoms with Crippen molar-refractivity contribution in [2.75, 3.05) is 33.8 Å². The molecule has 2 atom stereocenters. The molecule has 2 fully saturated rings. The number of hydrogen-bond donors (Lipinski definition) is 1. The molecule has 0 bridgehead atoms. The first-order chi connectivity index (χ1) is 7.66. The van der Waals surface area contributed by atoms with Gasteiger partial charge in [-0.3, -0.25) is 4.79 Å². The van der Waals surface area contributed by atoms with Crippen molar-refractivity contribution in [1.82, 2.24) is 10.2 Å². The molecule has 1 N–H and O–H groups in total. The van der Waals surface area contributed by atoms with Crippen LogP contribution in [0.15, 0.2) is 0 Å². The smallest absolute Gasteiger partial charge is 0.326 e. The highest BCUT2D eigenvalue weighted by Crippen LogP contribution is 2.31. The number of carbonyl (C=O) groups is 1. The highest BCUT2D eigenvalue weighted by Gasteiger charge is 2.44. The maximum Gasteiger partial charge on any atom is 0.326 e. The fourth-order valence-electron chi connectivity index (χ4n) is 3.12. The summed E-state index contributed by atoms with van der Waals surface area (Å²) in [7, 11) is 3.64. The van der Waals surface area contributed by atoms with E-state index in [1.54, 1.807) is 0 Å². The summed E-state index contributed by atoms with van der Waals surface area (Å²) in [6.45, 7) is 3.21. The molecule has 0 amide bonds. The number of nitrogens with one attached hydrogen (secondary N) is 1. The van der Waals surface area contributed by atoms with Crippen LogP contribution in [0.25, 0.3) is 0 Å². The molecule has 0 aromatic rings. The maximum absolute atomic E-state index is 11.9. The number of nitrogens with zero attached hydrogens (tertiary/aromatic N) is 1. The predicted octanol–water partition coefficient (Wildman–Crippen LogP) is 0.623. The molecular formula is C12H22N2O2. The van der Waals surface area contributed by atoms with Crippen LogP contribution in [0.5, 0.6) is 0 Å². The van der Waals surface area contributed by atoms with Crippen molar-refractivity contribution in [2.45, 2.75) is 31.2 Å². The zero-order chi connectivity index (χ0) is 11.6. The lowest BCUT2D eigenvalue weighted by Gasteiger charge is -2.29. The van der Waals surface area contributed by atoms with Gasteiger partial charge in [0, 0.05) is 6.54 Å². The molecule has 2 aliphatic heterocycles. The summed E-state index contributed by atoms with van der Waals surface area (Å²) >= 11 is 0. The molecule has 16 heavy (non-hydrogen) atoms. The molecule has 0 aromatic heterocycles. The van der Waals surface area contributed by atoms with Gasteiger partial charge < -0.3 is 15.0 Å². The third-order valence-electron chi connectivity index (χ3n) is 3.95. The normalized spacial score (nSPS) is 35.5. The molecule has 4 heteroatoms. The van der Waals surface area contributed by atoms with Crippen LogP contribution >= 0.6 is 0 Å². The molecule has 92 valence electrons. The minimum absolute atomic E-state index is 0.0699. The number of methoxy groups -OCH3 is 1.